The molecular weight excluding hydrogens is 282 g/mol. The summed E-state index contributed by atoms with van der Waals surface area (Å²) in [5, 5.41) is 0.974. The van der Waals surface area contributed by atoms with E-state index in [4.69, 9.17) is 0 Å². The Hall–Kier alpha value is -1.78. The maximum absolute atomic E-state index is 12.9. The lowest BCUT2D eigenvalue weighted by molar-refractivity contribution is -0.0795. The molecule has 0 amide bonds. The van der Waals surface area contributed by atoms with Crippen molar-refractivity contribution in [2.24, 2.45) is 0 Å². The van der Waals surface area contributed by atoms with Crippen LogP contribution in [0.5, 0.6) is 0 Å². The Bertz CT molecular complexity index is 569. The molecule has 1 nitrogen and oxygen atoms in total. The molecule has 1 aromatic carbocycles. The lowest BCUT2D eigenvalue weighted by Crippen LogP contribution is -1.98. The summed E-state index contributed by atoms with van der Waals surface area (Å²) in [5.74, 6) is -0.165. The van der Waals surface area contributed by atoms with Gasteiger partial charge in [-0.3, -0.25) is 0 Å². The van der Waals surface area contributed by atoms with E-state index in [0.717, 1.165) is 17.3 Å². The van der Waals surface area contributed by atoms with E-state index in [9.17, 15) is 17.6 Å². The van der Waals surface area contributed by atoms with E-state index in [-0.39, 0.29) is 11.9 Å². The minimum absolute atomic E-state index is 0.0625. The molecule has 0 spiro atoms. The number of benzene rings is 1. The largest absolute Gasteiger partial charge is 0.409 e. The summed E-state index contributed by atoms with van der Waals surface area (Å²) >= 11 is 0. The first kappa shape index (κ1) is 17.3. The van der Waals surface area contributed by atoms with Crippen LogP contribution >= 0.6 is 0 Å². The average Bonchev–Trinajstić information content (AvgIpc) is 2.81. The molecule has 0 unspecified atom stereocenters. The number of unbranched alkanes of at least 4 members (excludes halogenated alkanes) is 2. The molecule has 2 aromatic rings. The number of aromatic amines is 1. The molecule has 1 heterocycles. The van der Waals surface area contributed by atoms with E-state index in [0.29, 0.717) is 0 Å². The Morgan fingerprint density at radius 2 is 1.86 bits per heavy atom. The number of H-pyrrole nitrogens is 1. The molecule has 21 heavy (non-hydrogen) atoms. The second kappa shape index (κ2) is 7.86. The predicted molar refractivity (Wildman–Crippen MR) is 77.7 cm³/mol. The van der Waals surface area contributed by atoms with Gasteiger partial charge in [0, 0.05) is 22.7 Å². The summed E-state index contributed by atoms with van der Waals surface area (Å²) < 4.78 is 44.9. The molecule has 1 N–H and O–H groups in total. The van der Waals surface area contributed by atoms with E-state index in [2.05, 4.69) is 18.5 Å². The van der Waals surface area contributed by atoms with Crippen LogP contribution in [0.25, 0.3) is 10.9 Å². The first-order valence-corrected chi connectivity index (χ1v) is 6.83. The maximum atomic E-state index is 12.9. The lowest BCUT2D eigenvalue weighted by Gasteiger charge is -1.95. The number of fused-ring (bicyclic) bond motifs is 1. The number of rotatable bonds is 4. The van der Waals surface area contributed by atoms with Gasteiger partial charge in [0.1, 0.15) is 5.82 Å². The number of hydrogen-bond donors (Lipinski definition) is 1. The number of alkyl halides is 3. The number of aryl methyl sites for hydroxylation is 1. The standard InChI is InChI=1S/C13H16FN.C3H3F3/c1-2-3-4-5-12-9-10-8-11(14)6-7-13(10)15-12;1-2-3(4,5)6/h6-9,15H,2-5H2,1H3;2H,1H2. The van der Waals surface area contributed by atoms with Crippen LogP contribution < -0.4 is 0 Å². The minimum Gasteiger partial charge on any atom is -0.358 e. The SMILES string of the molecule is C=CC(F)(F)F.CCCCCc1cc2cc(F)ccc2[nH]1. The Kier molecular flexibility index (Phi) is 6.46. The molecule has 5 heteroatoms. The van der Waals surface area contributed by atoms with Gasteiger partial charge in [0.15, 0.2) is 0 Å². The lowest BCUT2D eigenvalue weighted by atomic mass is 10.1. The van der Waals surface area contributed by atoms with Crippen LogP contribution in [0.2, 0.25) is 0 Å². The van der Waals surface area contributed by atoms with E-state index in [1.807, 2.05) is 6.07 Å². The van der Waals surface area contributed by atoms with Crippen LogP contribution in [0.15, 0.2) is 36.9 Å². The fourth-order valence-corrected chi connectivity index (χ4v) is 1.86. The van der Waals surface area contributed by atoms with Crippen LogP contribution in [-0.2, 0) is 6.42 Å². The van der Waals surface area contributed by atoms with Crippen molar-refractivity contribution in [2.45, 2.75) is 38.8 Å². The van der Waals surface area contributed by atoms with Gasteiger partial charge in [-0.1, -0.05) is 26.3 Å². The van der Waals surface area contributed by atoms with Crippen molar-refractivity contribution in [2.75, 3.05) is 0 Å². The summed E-state index contributed by atoms with van der Waals surface area (Å²) in [5.41, 5.74) is 2.24. The first-order chi connectivity index (χ1) is 9.85. The monoisotopic (exact) mass is 301 g/mol. The molecule has 0 aliphatic carbocycles. The second-order valence-corrected chi connectivity index (χ2v) is 4.73. The zero-order valence-electron chi connectivity index (χ0n) is 11.9. The van der Waals surface area contributed by atoms with E-state index in [1.54, 1.807) is 12.1 Å². The normalized spacial score (nSPS) is 11.1. The molecule has 0 saturated carbocycles. The Morgan fingerprint density at radius 3 is 2.43 bits per heavy atom. The van der Waals surface area contributed by atoms with Crippen LogP contribution in [0.1, 0.15) is 31.9 Å². The third-order valence-electron chi connectivity index (χ3n) is 2.92. The second-order valence-electron chi connectivity index (χ2n) is 4.73. The van der Waals surface area contributed by atoms with Gasteiger partial charge in [0.2, 0.25) is 0 Å². The van der Waals surface area contributed by atoms with E-state index < -0.39 is 6.18 Å². The number of hydrogen-bond acceptors (Lipinski definition) is 0. The van der Waals surface area contributed by atoms with Gasteiger partial charge in [-0.15, -0.1) is 0 Å². The van der Waals surface area contributed by atoms with Gasteiger partial charge in [0.25, 0.3) is 0 Å². The predicted octanol–water partition coefficient (Wildman–Crippen LogP) is 5.77. The van der Waals surface area contributed by atoms with Crippen LogP contribution in [-0.4, -0.2) is 11.2 Å². The Labute approximate surface area is 121 Å². The molecule has 0 radical (unpaired) electrons. The van der Waals surface area contributed by atoms with Gasteiger partial charge in [-0.05, 0) is 37.1 Å². The minimum atomic E-state index is -4.19. The van der Waals surface area contributed by atoms with Crippen LogP contribution in [0.3, 0.4) is 0 Å². The fourth-order valence-electron chi connectivity index (χ4n) is 1.86. The summed E-state index contributed by atoms with van der Waals surface area (Å²) in [6.07, 6.45) is 0.488. The third kappa shape index (κ3) is 6.47. The van der Waals surface area contributed by atoms with Gasteiger partial charge in [-0.25, -0.2) is 4.39 Å². The van der Waals surface area contributed by atoms with Crippen LogP contribution in [0.4, 0.5) is 17.6 Å². The Balaban J connectivity index is 0.000000315. The van der Waals surface area contributed by atoms with Crippen LogP contribution in [0, 0.1) is 5.82 Å². The quantitative estimate of drug-likeness (QED) is 0.419. The summed E-state index contributed by atoms with van der Waals surface area (Å²) in [7, 11) is 0. The molecule has 0 atom stereocenters. The number of aromatic nitrogens is 1. The van der Waals surface area contributed by atoms with Crippen molar-refractivity contribution >= 4 is 10.9 Å². The van der Waals surface area contributed by atoms with Crippen molar-refractivity contribution in [1.82, 2.24) is 4.98 Å². The number of allylic oxidation sites excluding steroid dienone is 1. The summed E-state index contributed by atoms with van der Waals surface area (Å²) in [6, 6.07) is 6.92. The molecular formula is C16H19F4N. The third-order valence-corrected chi connectivity index (χ3v) is 2.92. The van der Waals surface area contributed by atoms with E-state index in [1.165, 1.54) is 31.0 Å². The van der Waals surface area contributed by atoms with Crippen molar-refractivity contribution in [3.8, 4) is 0 Å². The molecule has 0 saturated heterocycles. The molecule has 0 bridgehead atoms. The van der Waals surface area contributed by atoms with E-state index >= 15 is 0 Å². The topological polar surface area (TPSA) is 15.8 Å². The summed E-state index contributed by atoms with van der Waals surface area (Å²) in [4.78, 5) is 3.32. The zero-order chi connectivity index (χ0) is 15.9. The molecule has 0 aliphatic heterocycles. The fraction of sp³-hybridized carbons (Fsp3) is 0.375. The molecule has 1 aromatic heterocycles. The molecule has 0 fully saturated rings. The van der Waals surface area contributed by atoms with Crippen molar-refractivity contribution in [3.05, 3.63) is 48.4 Å². The highest BCUT2D eigenvalue weighted by atomic mass is 19.4. The first-order valence-electron chi connectivity index (χ1n) is 6.83. The number of nitrogens with one attached hydrogen (secondary N) is 1. The highest BCUT2D eigenvalue weighted by molar-refractivity contribution is 5.80. The maximum Gasteiger partial charge on any atom is 0.409 e. The molecule has 116 valence electrons. The number of halogens is 4. The zero-order valence-corrected chi connectivity index (χ0v) is 11.9. The van der Waals surface area contributed by atoms with Crippen molar-refractivity contribution in [1.29, 1.82) is 0 Å². The van der Waals surface area contributed by atoms with Gasteiger partial charge >= 0.3 is 6.18 Å². The van der Waals surface area contributed by atoms with Gasteiger partial charge in [-0.2, -0.15) is 13.2 Å². The van der Waals surface area contributed by atoms with Crippen molar-refractivity contribution in [3.63, 3.8) is 0 Å². The highest BCUT2D eigenvalue weighted by Crippen LogP contribution is 2.18. The smallest absolute Gasteiger partial charge is 0.358 e. The highest BCUT2D eigenvalue weighted by Gasteiger charge is 2.19. The van der Waals surface area contributed by atoms with Gasteiger partial charge in [0.05, 0.1) is 0 Å². The Morgan fingerprint density at radius 1 is 1.19 bits per heavy atom. The molecule has 0 aliphatic rings. The molecule has 2 rings (SSSR count). The average molecular weight is 301 g/mol. The van der Waals surface area contributed by atoms with Crippen molar-refractivity contribution < 1.29 is 17.6 Å². The van der Waals surface area contributed by atoms with Gasteiger partial charge < -0.3 is 4.98 Å². The summed E-state index contributed by atoms with van der Waals surface area (Å²) in [6.45, 7) is 4.70.